The van der Waals surface area contributed by atoms with Crippen LogP contribution in [-0.2, 0) is 35.1 Å². The number of carbonyl (C=O) groups is 4. The first-order valence-corrected chi connectivity index (χ1v) is 9.71. The Bertz CT molecular complexity index is 916. The molecule has 2 aromatic carbocycles. The summed E-state index contributed by atoms with van der Waals surface area (Å²) in [6.45, 7) is 2.85. The molecule has 6 nitrogen and oxygen atoms in total. The van der Waals surface area contributed by atoms with Gasteiger partial charge < -0.3 is 14.3 Å². The van der Waals surface area contributed by atoms with Gasteiger partial charge in [0.15, 0.2) is 13.1 Å². The number of carbonyl (C=O) groups excluding carboxylic acids is 4. The summed E-state index contributed by atoms with van der Waals surface area (Å²) in [6.07, 6.45) is 0.987. The van der Waals surface area contributed by atoms with Gasteiger partial charge in [0.2, 0.25) is 5.92 Å². The van der Waals surface area contributed by atoms with Crippen molar-refractivity contribution in [1.29, 1.82) is 0 Å². The van der Waals surface area contributed by atoms with E-state index in [-0.39, 0.29) is 12.7 Å². The molecule has 7 heteroatoms. The van der Waals surface area contributed by atoms with Crippen LogP contribution in [0.3, 0.4) is 0 Å². The van der Waals surface area contributed by atoms with Crippen LogP contribution in [0.2, 0.25) is 6.32 Å². The second-order valence-corrected chi connectivity index (χ2v) is 7.65. The van der Waals surface area contributed by atoms with Gasteiger partial charge in [-0.1, -0.05) is 60.9 Å². The van der Waals surface area contributed by atoms with Crippen LogP contribution in [0, 0.1) is 11.8 Å². The van der Waals surface area contributed by atoms with Crippen molar-refractivity contribution in [2.75, 3.05) is 0 Å². The number of esters is 2. The smallest absolute Gasteiger partial charge is 0.331 e. The van der Waals surface area contributed by atoms with E-state index in [1.54, 1.807) is 0 Å². The second-order valence-electron chi connectivity index (χ2n) is 7.65. The molecular formula is C23H22BO6. The molecule has 153 valence electrons. The normalized spacial score (nSPS) is 16.9. The zero-order chi connectivity index (χ0) is 21.7. The monoisotopic (exact) mass is 405 g/mol. The van der Waals surface area contributed by atoms with Crippen molar-refractivity contribution in [2.24, 2.45) is 11.8 Å². The highest BCUT2D eigenvalue weighted by Crippen LogP contribution is 2.28. The Morgan fingerprint density at radius 2 is 1.57 bits per heavy atom. The molecule has 0 amide bonds. The number of benzene rings is 2. The maximum Gasteiger partial charge on any atom is 0.331 e. The molecule has 2 aromatic rings. The zero-order valence-corrected chi connectivity index (χ0v) is 16.9. The minimum Gasteiger partial charge on any atom is -0.422 e. The van der Waals surface area contributed by atoms with Gasteiger partial charge in [0.1, 0.15) is 0 Å². The van der Waals surface area contributed by atoms with Gasteiger partial charge in [0.25, 0.3) is 5.79 Å². The molecule has 1 saturated heterocycles. The highest BCUT2D eigenvalue weighted by molar-refractivity contribution is 6.66. The van der Waals surface area contributed by atoms with Crippen LogP contribution in [0.4, 0.5) is 0 Å². The van der Waals surface area contributed by atoms with Crippen LogP contribution in [0.1, 0.15) is 19.4 Å². The number of cyclic esters (lactones) is 2. The lowest BCUT2D eigenvalue weighted by Crippen LogP contribution is -2.50. The lowest BCUT2D eigenvalue weighted by atomic mass is 9.67. The first kappa shape index (κ1) is 21.5. The fourth-order valence-corrected chi connectivity index (χ4v) is 3.46. The molecule has 1 aliphatic heterocycles. The van der Waals surface area contributed by atoms with Crippen LogP contribution >= 0.6 is 0 Å². The van der Waals surface area contributed by atoms with E-state index in [2.05, 4.69) is 0 Å². The third-order valence-electron chi connectivity index (χ3n) is 4.91. The van der Waals surface area contributed by atoms with Crippen molar-refractivity contribution in [3.05, 3.63) is 60.2 Å². The number of rotatable bonds is 8. The number of hydrogen-bond donors (Lipinski definition) is 0. The molecule has 1 radical (unpaired) electrons. The first-order chi connectivity index (χ1) is 14.3. The zero-order valence-electron chi connectivity index (χ0n) is 16.9. The summed E-state index contributed by atoms with van der Waals surface area (Å²) in [7, 11) is 1.31. The van der Waals surface area contributed by atoms with Crippen molar-refractivity contribution < 1.29 is 28.7 Å². The Kier molecular flexibility index (Phi) is 6.50. The average molecular weight is 405 g/mol. The van der Waals surface area contributed by atoms with Gasteiger partial charge in [-0.2, -0.15) is 0 Å². The van der Waals surface area contributed by atoms with Crippen LogP contribution < -0.4 is 0 Å². The van der Waals surface area contributed by atoms with Crippen molar-refractivity contribution in [3.8, 4) is 11.1 Å². The first-order valence-electron chi connectivity index (χ1n) is 9.71. The Morgan fingerprint density at radius 1 is 1.00 bits per heavy atom. The van der Waals surface area contributed by atoms with Gasteiger partial charge in [0.05, 0.1) is 6.19 Å². The molecule has 0 aromatic heterocycles. The highest BCUT2D eigenvalue weighted by Gasteiger charge is 2.48. The predicted octanol–water partition coefficient (Wildman–Crippen LogP) is 2.85. The third-order valence-corrected chi connectivity index (χ3v) is 4.91. The lowest BCUT2D eigenvalue weighted by Gasteiger charge is -2.33. The fraction of sp³-hybridized carbons (Fsp3) is 0.304. The maximum atomic E-state index is 13.0. The van der Waals surface area contributed by atoms with Crippen LogP contribution in [-0.4, -0.2) is 37.0 Å². The molecule has 0 bridgehead atoms. The van der Waals surface area contributed by atoms with Crippen LogP contribution in [0.5, 0.6) is 0 Å². The van der Waals surface area contributed by atoms with Crippen molar-refractivity contribution in [2.45, 2.75) is 32.4 Å². The van der Waals surface area contributed by atoms with E-state index in [0.29, 0.717) is 6.19 Å². The highest BCUT2D eigenvalue weighted by atomic mass is 16.7. The minimum atomic E-state index is -1.63. The second kappa shape index (κ2) is 9.07. The standard InChI is InChI=1S/C23H22BO6/c1-23(2)29-21(27)19(22(28)30-23)20(26)18(13-24-14-25)12-15-8-10-17(11-9-15)16-6-4-3-5-7-16/h3-11,14,18-19H,12-13H2,1-2H3/t18-/m0/s1. The summed E-state index contributed by atoms with van der Waals surface area (Å²) in [5, 5.41) is 0. The largest absolute Gasteiger partial charge is 0.422 e. The number of hydrogen-bond acceptors (Lipinski definition) is 6. The molecule has 1 aliphatic rings. The molecule has 1 heterocycles. The van der Waals surface area contributed by atoms with E-state index in [1.807, 2.05) is 54.6 Å². The summed E-state index contributed by atoms with van der Waals surface area (Å²) >= 11 is 0. The van der Waals surface area contributed by atoms with E-state index in [9.17, 15) is 19.2 Å². The topological polar surface area (TPSA) is 86.7 Å². The van der Waals surface area contributed by atoms with Gasteiger partial charge in [-0.3, -0.25) is 14.4 Å². The molecule has 0 unspecified atom stereocenters. The molecule has 0 spiro atoms. The Hall–Kier alpha value is -3.22. The SMILES string of the molecule is CC1(C)OC(=O)C(C(=O)[C@H](C[B]C=O)Cc2ccc(-c3ccccc3)cc2)C(=O)O1. The molecular weight excluding hydrogens is 383 g/mol. The minimum absolute atomic E-state index is 0.114. The van der Waals surface area contributed by atoms with Crippen LogP contribution in [0.15, 0.2) is 54.6 Å². The number of ketones is 1. The van der Waals surface area contributed by atoms with E-state index < -0.39 is 35.3 Å². The van der Waals surface area contributed by atoms with Gasteiger partial charge in [-0.05, 0) is 23.1 Å². The maximum absolute atomic E-state index is 13.0. The third kappa shape index (κ3) is 5.03. The van der Waals surface area contributed by atoms with Gasteiger partial charge in [0, 0.05) is 19.8 Å². The van der Waals surface area contributed by atoms with Gasteiger partial charge in [-0.15, -0.1) is 0 Å². The Labute approximate surface area is 175 Å². The Morgan fingerprint density at radius 3 is 2.13 bits per heavy atom. The fourth-order valence-electron chi connectivity index (χ4n) is 3.46. The number of ether oxygens (including phenoxy) is 2. The van der Waals surface area contributed by atoms with Gasteiger partial charge >= 0.3 is 11.9 Å². The molecule has 0 N–H and O–H groups in total. The predicted molar refractivity (Wildman–Crippen MR) is 111 cm³/mol. The molecule has 3 rings (SSSR count). The van der Waals surface area contributed by atoms with Crippen molar-refractivity contribution in [1.82, 2.24) is 0 Å². The van der Waals surface area contributed by atoms with E-state index in [4.69, 9.17) is 9.47 Å². The van der Waals surface area contributed by atoms with E-state index in [0.717, 1.165) is 16.7 Å². The summed E-state index contributed by atoms with van der Waals surface area (Å²) in [6, 6.07) is 17.5. The molecule has 0 aliphatic carbocycles. The van der Waals surface area contributed by atoms with Crippen molar-refractivity contribution in [3.63, 3.8) is 0 Å². The quantitative estimate of drug-likeness (QED) is 0.291. The molecule has 0 saturated carbocycles. The summed E-state index contributed by atoms with van der Waals surface area (Å²) < 4.78 is 10.1. The van der Waals surface area contributed by atoms with E-state index in [1.165, 1.54) is 21.1 Å². The number of Topliss-reactive ketones (excluding diaryl/α,β-unsaturated/α-hetero) is 1. The van der Waals surface area contributed by atoms with Crippen molar-refractivity contribution >= 4 is 31.2 Å². The summed E-state index contributed by atoms with van der Waals surface area (Å²) in [5.74, 6) is -6.21. The Balaban J connectivity index is 1.77. The summed E-state index contributed by atoms with van der Waals surface area (Å²) in [5.41, 5.74) is 2.95. The summed E-state index contributed by atoms with van der Waals surface area (Å²) in [4.78, 5) is 48.4. The molecule has 1 atom stereocenters. The molecule has 30 heavy (non-hydrogen) atoms. The lowest BCUT2D eigenvalue weighted by molar-refractivity contribution is -0.238. The van der Waals surface area contributed by atoms with Gasteiger partial charge in [-0.25, -0.2) is 0 Å². The average Bonchev–Trinajstić information content (AvgIpc) is 2.70. The molecule has 1 fully saturated rings. The van der Waals surface area contributed by atoms with Crippen LogP contribution in [0.25, 0.3) is 11.1 Å². The van der Waals surface area contributed by atoms with E-state index >= 15 is 0 Å².